The molecule has 0 spiro atoms. The molecular formula is C26H32FN3O2. The maximum absolute atomic E-state index is 14.5. The van der Waals surface area contributed by atoms with Gasteiger partial charge in [0.2, 0.25) is 0 Å². The summed E-state index contributed by atoms with van der Waals surface area (Å²) >= 11 is 0. The molecule has 170 valence electrons. The smallest absolute Gasteiger partial charge is 0.252 e. The van der Waals surface area contributed by atoms with Gasteiger partial charge in [-0.15, -0.1) is 0 Å². The van der Waals surface area contributed by atoms with Crippen LogP contribution in [0, 0.1) is 18.7 Å². The van der Waals surface area contributed by atoms with Crippen LogP contribution in [0.25, 0.3) is 0 Å². The van der Waals surface area contributed by atoms with E-state index in [0.717, 1.165) is 29.9 Å². The minimum atomic E-state index is -0.378. The monoisotopic (exact) mass is 437 g/mol. The molecule has 2 aliphatic heterocycles. The van der Waals surface area contributed by atoms with Gasteiger partial charge in [-0.1, -0.05) is 12.1 Å². The summed E-state index contributed by atoms with van der Waals surface area (Å²) in [6.45, 7) is 6.50. The number of piperazine rings is 1. The van der Waals surface area contributed by atoms with Crippen LogP contribution in [-0.4, -0.2) is 49.6 Å². The van der Waals surface area contributed by atoms with E-state index in [9.17, 15) is 9.18 Å². The number of hydrogen-bond acceptors (Lipinski definition) is 4. The number of fused-ring (bicyclic) bond motifs is 2. The standard InChI is InChI=1S/C26H32FN3O2/c1-16-4-8-20(30-14-21-11-22(30)13-29(21)3)12-23(16)26(31)28-17(2)19-7-9-25(24(27)10-19)32-15-18-5-6-18/h4,7-10,12,17-18,21-22H,5-6,11,13-15H2,1-3H3,(H,28,31)/t17-,21-,22-/m1/s1. The Morgan fingerprint density at radius 1 is 1.19 bits per heavy atom. The molecule has 2 heterocycles. The summed E-state index contributed by atoms with van der Waals surface area (Å²) in [5, 5.41) is 3.05. The van der Waals surface area contributed by atoms with E-state index < -0.39 is 0 Å². The Morgan fingerprint density at radius 2 is 2.00 bits per heavy atom. The lowest BCUT2D eigenvalue weighted by molar-refractivity contribution is 0.0939. The van der Waals surface area contributed by atoms with Crippen LogP contribution in [0.2, 0.25) is 0 Å². The molecule has 5 nitrogen and oxygen atoms in total. The van der Waals surface area contributed by atoms with Crippen LogP contribution in [0.4, 0.5) is 10.1 Å². The molecule has 1 aliphatic carbocycles. The Labute approximate surface area is 189 Å². The number of aryl methyl sites for hydroxylation is 1. The quantitative estimate of drug-likeness (QED) is 0.701. The number of ether oxygens (including phenoxy) is 1. The first kappa shape index (κ1) is 21.3. The van der Waals surface area contributed by atoms with Gasteiger partial charge in [-0.25, -0.2) is 4.39 Å². The first-order chi connectivity index (χ1) is 15.4. The van der Waals surface area contributed by atoms with Crippen LogP contribution in [0.5, 0.6) is 5.75 Å². The van der Waals surface area contributed by atoms with Crippen molar-refractivity contribution in [3.63, 3.8) is 0 Å². The Kier molecular flexibility index (Phi) is 5.58. The van der Waals surface area contributed by atoms with E-state index >= 15 is 0 Å². The molecule has 2 aromatic carbocycles. The van der Waals surface area contributed by atoms with Crippen molar-refractivity contribution in [3.05, 3.63) is 58.9 Å². The molecule has 0 unspecified atom stereocenters. The molecule has 2 bridgehead atoms. The van der Waals surface area contributed by atoms with Crippen molar-refractivity contribution in [2.45, 2.75) is 51.2 Å². The van der Waals surface area contributed by atoms with E-state index in [-0.39, 0.29) is 23.5 Å². The molecule has 3 fully saturated rings. The number of rotatable bonds is 7. The largest absolute Gasteiger partial charge is 0.490 e. The molecule has 2 aromatic rings. The molecule has 0 radical (unpaired) electrons. The number of anilines is 1. The number of carbonyl (C=O) groups is 1. The molecule has 6 heteroatoms. The SMILES string of the molecule is Cc1ccc(N2C[C@H]3C[C@@H]2CN3C)cc1C(=O)N[C@H](C)c1ccc(OCC2CC2)c(F)c1. The van der Waals surface area contributed by atoms with Crippen molar-refractivity contribution in [2.75, 3.05) is 31.6 Å². The summed E-state index contributed by atoms with van der Waals surface area (Å²) < 4.78 is 20.1. The van der Waals surface area contributed by atoms with E-state index in [4.69, 9.17) is 4.74 Å². The van der Waals surface area contributed by atoms with E-state index in [1.807, 2.05) is 32.0 Å². The van der Waals surface area contributed by atoms with Gasteiger partial charge < -0.3 is 15.0 Å². The molecule has 32 heavy (non-hydrogen) atoms. The van der Waals surface area contributed by atoms with Crippen molar-refractivity contribution in [3.8, 4) is 5.75 Å². The fraction of sp³-hybridized carbons (Fsp3) is 0.500. The minimum absolute atomic E-state index is 0.132. The third-order valence-electron chi connectivity index (χ3n) is 7.29. The third kappa shape index (κ3) is 4.20. The van der Waals surface area contributed by atoms with E-state index in [1.54, 1.807) is 6.07 Å². The van der Waals surface area contributed by atoms with Crippen LogP contribution in [0.3, 0.4) is 0 Å². The normalized spacial score (nSPS) is 23.4. The highest BCUT2D eigenvalue weighted by Crippen LogP contribution is 2.34. The first-order valence-electron chi connectivity index (χ1n) is 11.7. The van der Waals surface area contributed by atoms with Gasteiger partial charge >= 0.3 is 0 Å². The highest BCUT2D eigenvalue weighted by atomic mass is 19.1. The van der Waals surface area contributed by atoms with Gasteiger partial charge in [-0.2, -0.15) is 0 Å². The summed E-state index contributed by atoms with van der Waals surface area (Å²) in [5.74, 6) is 0.348. The fourth-order valence-corrected chi connectivity index (χ4v) is 4.97. The molecule has 2 saturated heterocycles. The van der Waals surface area contributed by atoms with Crippen molar-refractivity contribution in [2.24, 2.45) is 5.92 Å². The van der Waals surface area contributed by atoms with Gasteiger partial charge in [0, 0.05) is 36.4 Å². The van der Waals surface area contributed by atoms with Gasteiger partial charge in [0.05, 0.1) is 12.6 Å². The number of likely N-dealkylation sites (tertiary alicyclic amines) is 1. The van der Waals surface area contributed by atoms with Crippen LogP contribution >= 0.6 is 0 Å². The lowest BCUT2D eigenvalue weighted by atomic mass is 10.0. The first-order valence-corrected chi connectivity index (χ1v) is 11.7. The lowest BCUT2D eigenvalue weighted by Gasteiger charge is -2.34. The summed E-state index contributed by atoms with van der Waals surface area (Å²) in [6.07, 6.45) is 3.52. The molecule has 1 saturated carbocycles. The number of carbonyl (C=O) groups excluding carboxylic acids is 1. The number of amides is 1. The Balaban J connectivity index is 1.26. The Bertz CT molecular complexity index is 1020. The average Bonchev–Trinajstić information content (AvgIpc) is 3.41. The molecule has 1 amide bonds. The number of hydrogen-bond donors (Lipinski definition) is 1. The molecular weight excluding hydrogens is 405 g/mol. The van der Waals surface area contributed by atoms with Gasteiger partial charge in [0.25, 0.3) is 5.91 Å². The van der Waals surface area contributed by atoms with Crippen molar-refractivity contribution in [1.29, 1.82) is 0 Å². The summed E-state index contributed by atoms with van der Waals surface area (Å²) in [6, 6.07) is 11.9. The number of nitrogens with one attached hydrogen (secondary N) is 1. The van der Waals surface area contributed by atoms with Crippen LogP contribution in [-0.2, 0) is 0 Å². The van der Waals surface area contributed by atoms with Crippen molar-refractivity contribution >= 4 is 11.6 Å². The number of nitrogens with zero attached hydrogens (tertiary/aromatic N) is 2. The van der Waals surface area contributed by atoms with Crippen molar-refractivity contribution in [1.82, 2.24) is 10.2 Å². The second kappa shape index (κ2) is 8.39. The zero-order valence-corrected chi connectivity index (χ0v) is 19.1. The summed E-state index contributed by atoms with van der Waals surface area (Å²) in [4.78, 5) is 18.0. The highest BCUT2D eigenvalue weighted by molar-refractivity contribution is 5.97. The van der Waals surface area contributed by atoms with E-state index in [2.05, 4.69) is 28.2 Å². The van der Waals surface area contributed by atoms with E-state index in [0.29, 0.717) is 30.2 Å². The summed E-state index contributed by atoms with van der Waals surface area (Å²) in [7, 11) is 2.19. The lowest BCUT2D eigenvalue weighted by Crippen LogP contribution is -2.44. The number of halogens is 1. The van der Waals surface area contributed by atoms with Crippen LogP contribution < -0.4 is 15.0 Å². The fourth-order valence-electron chi connectivity index (χ4n) is 4.97. The van der Waals surface area contributed by atoms with Crippen molar-refractivity contribution < 1.29 is 13.9 Å². The molecule has 3 aliphatic rings. The maximum Gasteiger partial charge on any atom is 0.252 e. The zero-order valence-electron chi connectivity index (χ0n) is 19.1. The van der Waals surface area contributed by atoms with Crippen LogP contribution in [0.1, 0.15) is 53.7 Å². The second-order valence-electron chi connectivity index (χ2n) is 9.77. The van der Waals surface area contributed by atoms with E-state index in [1.165, 1.54) is 25.3 Å². The minimum Gasteiger partial charge on any atom is -0.490 e. The molecule has 5 rings (SSSR count). The highest BCUT2D eigenvalue weighted by Gasteiger charge is 2.41. The average molecular weight is 438 g/mol. The third-order valence-corrected chi connectivity index (χ3v) is 7.29. The van der Waals surface area contributed by atoms with Gasteiger partial charge in [-0.3, -0.25) is 9.69 Å². The molecule has 1 N–H and O–H groups in total. The van der Waals surface area contributed by atoms with Gasteiger partial charge in [0.1, 0.15) is 0 Å². The summed E-state index contributed by atoms with van der Waals surface area (Å²) in [5.41, 5.74) is 3.45. The maximum atomic E-state index is 14.5. The molecule has 3 atom stereocenters. The molecule has 0 aromatic heterocycles. The van der Waals surface area contributed by atoms with Gasteiger partial charge in [-0.05, 0) is 81.5 Å². The van der Waals surface area contributed by atoms with Gasteiger partial charge in [0.15, 0.2) is 11.6 Å². The predicted octanol–water partition coefficient (Wildman–Crippen LogP) is 4.31. The number of benzene rings is 2. The topological polar surface area (TPSA) is 44.8 Å². The van der Waals surface area contributed by atoms with Crippen LogP contribution in [0.15, 0.2) is 36.4 Å². The Hall–Kier alpha value is -2.60. The zero-order chi connectivity index (χ0) is 22.4. The second-order valence-corrected chi connectivity index (χ2v) is 9.77. The Morgan fingerprint density at radius 3 is 2.66 bits per heavy atom. The predicted molar refractivity (Wildman–Crippen MR) is 124 cm³/mol. The number of likely N-dealkylation sites (N-methyl/N-ethyl adjacent to an activating group) is 1.